The third-order valence-corrected chi connectivity index (χ3v) is 10.6. The Kier molecular flexibility index (Phi) is 9.63. The van der Waals surface area contributed by atoms with Crippen molar-refractivity contribution in [3.8, 4) is 0 Å². The van der Waals surface area contributed by atoms with Gasteiger partial charge in [-0.05, 0) is 74.9 Å². The number of sulfone groups is 1. The average molecular weight is 611 g/mol. The minimum Gasteiger partial charge on any atom is -0.348 e. The summed E-state index contributed by atoms with van der Waals surface area (Å²) < 4.78 is 37.1. The van der Waals surface area contributed by atoms with Gasteiger partial charge in [0.25, 0.3) is 0 Å². The largest absolute Gasteiger partial charge is 0.348 e. The first kappa shape index (κ1) is 31.3. The molecule has 2 aromatic rings. The molecule has 2 heterocycles. The van der Waals surface area contributed by atoms with E-state index in [1.165, 1.54) is 0 Å². The van der Waals surface area contributed by atoms with E-state index in [-0.39, 0.29) is 41.5 Å². The second-order valence-electron chi connectivity index (χ2n) is 11.9. The molecule has 9 heteroatoms. The van der Waals surface area contributed by atoms with Crippen LogP contribution >= 0.6 is 23.2 Å². The molecule has 0 saturated carbocycles. The Hall–Kier alpha value is -1.64. The number of amides is 1. The maximum Gasteiger partial charge on any atom is 0.229 e. The fraction of sp³-hybridized carbons (Fsp3) is 0.581. The first-order chi connectivity index (χ1) is 18.8. The van der Waals surface area contributed by atoms with Gasteiger partial charge >= 0.3 is 0 Å². The zero-order valence-corrected chi connectivity index (χ0v) is 26.4. The summed E-state index contributed by atoms with van der Waals surface area (Å²) in [6.45, 7) is 9.89. The Morgan fingerprint density at radius 2 is 1.73 bits per heavy atom. The van der Waals surface area contributed by atoms with E-state index < -0.39 is 21.0 Å². The van der Waals surface area contributed by atoms with E-state index in [9.17, 15) is 13.2 Å². The van der Waals surface area contributed by atoms with Crippen LogP contribution in [-0.4, -0.2) is 55.3 Å². The van der Waals surface area contributed by atoms with Gasteiger partial charge in [-0.15, -0.1) is 0 Å². The SMILES string of the molecule is CC[C@@H](CCS(=O)(=O)CC)N1C(=O)[C@@](C)(CC2COC(C)(C)O2)CC(c2cccc(Cl)c2)[C@H]1c1ccc(Cl)cc1. The molecule has 0 spiro atoms. The monoisotopic (exact) mass is 609 g/mol. The lowest BCUT2D eigenvalue weighted by Crippen LogP contribution is -2.56. The van der Waals surface area contributed by atoms with Gasteiger partial charge in [0.2, 0.25) is 5.91 Å². The van der Waals surface area contributed by atoms with Gasteiger partial charge in [0, 0.05) is 33.2 Å². The summed E-state index contributed by atoms with van der Waals surface area (Å²) in [5.41, 5.74) is 1.24. The lowest BCUT2D eigenvalue weighted by atomic mass is 9.66. The van der Waals surface area contributed by atoms with Gasteiger partial charge in [-0.25, -0.2) is 8.42 Å². The lowest BCUT2D eigenvalue weighted by Gasteiger charge is -2.52. The number of hydrogen-bond donors (Lipinski definition) is 0. The van der Waals surface area contributed by atoms with Crippen LogP contribution in [0.15, 0.2) is 48.5 Å². The zero-order valence-electron chi connectivity index (χ0n) is 24.0. The van der Waals surface area contributed by atoms with E-state index in [2.05, 4.69) is 6.07 Å². The summed E-state index contributed by atoms with van der Waals surface area (Å²) >= 11 is 12.8. The molecule has 40 heavy (non-hydrogen) atoms. The minimum atomic E-state index is -3.21. The molecule has 4 rings (SSSR count). The van der Waals surface area contributed by atoms with Crippen molar-refractivity contribution in [1.29, 1.82) is 0 Å². The van der Waals surface area contributed by atoms with Crippen LogP contribution in [0.1, 0.15) is 83.4 Å². The van der Waals surface area contributed by atoms with Crippen LogP contribution in [0.25, 0.3) is 0 Å². The molecule has 6 nitrogen and oxygen atoms in total. The van der Waals surface area contributed by atoms with Crippen molar-refractivity contribution < 1.29 is 22.7 Å². The summed E-state index contributed by atoms with van der Waals surface area (Å²) in [4.78, 5) is 16.7. The standard InChI is InChI=1S/C31H41Cl2NO5S/c1-6-25(15-16-40(36,37)7-2)34-28(21-11-13-23(32)14-12-21)27(22-9-8-10-24(33)17-22)19-31(5,29(34)35)18-26-20-38-30(3,4)39-26/h8-14,17,25-28H,6-7,15-16,18-20H2,1-5H3/t25-,26?,27?,28+,31-/m0/s1. The van der Waals surface area contributed by atoms with Crippen LogP contribution in [0.5, 0.6) is 0 Å². The summed E-state index contributed by atoms with van der Waals surface area (Å²) in [5.74, 6) is -0.660. The molecule has 2 aliphatic rings. The van der Waals surface area contributed by atoms with Crippen molar-refractivity contribution in [2.24, 2.45) is 5.41 Å². The first-order valence-corrected chi connectivity index (χ1v) is 16.7. The maximum absolute atomic E-state index is 14.7. The fourth-order valence-electron chi connectivity index (χ4n) is 6.34. The Morgan fingerprint density at radius 3 is 2.30 bits per heavy atom. The molecule has 2 saturated heterocycles. The third-order valence-electron chi connectivity index (χ3n) is 8.40. The molecule has 0 N–H and O–H groups in total. The zero-order chi connectivity index (χ0) is 29.3. The van der Waals surface area contributed by atoms with Gasteiger partial charge in [0.05, 0.1) is 24.5 Å². The molecular weight excluding hydrogens is 569 g/mol. The van der Waals surface area contributed by atoms with Crippen molar-refractivity contribution in [2.45, 2.75) is 90.2 Å². The second-order valence-corrected chi connectivity index (χ2v) is 15.2. The number of halogens is 2. The lowest BCUT2D eigenvalue weighted by molar-refractivity contribution is -0.163. The predicted octanol–water partition coefficient (Wildman–Crippen LogP) is 7.20. The predicted molar refractivity (Wildman–Crippen MR) is 161 cm³/mol. The van der Waals surface area contributed by atoms with Crippen LogP contribution in [0.2, 0.25) is 10.0 Å². The van der Waals surface area contributed by atoms with E-state index in [1.54, 1.807) is 6.92 Å². The average Bonchev–Trinajstić information content (AvgIpc) is 3.24. The highest BCUT2D eigenvalue weighted by Crippen LogP contribution is 2.53. The highest BCUT2D eigenvalue weighted by Gasteiger charge is 2.53. The number of carbonyl (C=O) groups is 1. The molecule has 2 unspecified atom stereocenters. The van der Waals surface area contributed by atoms with E-state index in [0.29, 0.717) is 42.3 Å². The fourth-order valence-corrected chi connectivity index (χ4v) is 7.58. The number of carbonyl (C=O) groups excluding carboxylic acids is 1. The van der Waals surface area contributed by atoms with Gasteiger partial charge in [0.15, 0.2) is 5.79 Å². The molecule has 0 bridgehead atoms. The quantitative estimate of drug-likeness (QED) is 0.285. The van der Waals surface area contributed by atoms with Gasteiger partial charge < -0.3 is 14.4 Å². The molecule has 2 aliphatic heterocycles. The Morgan fingerprint density at radius 1 is 1.02 bits per heavy atom. The van der Waals surface area contributed by atoms with Crippen molar-refractivity contribution in [2.75, 3.05) is 18.1 Å². The molecule has 220 valence electrons. The van der Waals surface area contributed by atoms with Gasteiger partial charge in [0.1, 0.15) is 9.84 Å². The summed E-state index contributed by atoms with van der Waals surface area (Å²) in [5, 5.41) is 1.25. The van der Waals surface area contributed by atoms with Crippen molar-refractivity contribution in [3.63, 3.8) is 0 Å². The van der Waals surface area contributed by atoms with Crippen molar-refractivity contribution >= 4 is 38.9 Å². The smallest absolute Gasteiger partial charge is 0.229 e. The van der Waals surface area contributed by atoms with Crippen LogP contribution in [0.4, 0.5) is 0 Å². The molecule has 5 atom stereocenters. The number of hydrogen-bond acceptors (Lipinski definition) is 5. The molecule has 2 aromatic carbocycles. The van der Waals surface area contributed by atoms with Crippen LogP contribution in [0.3, 0.4) is 0 Å². The van der Waals surface area contributed by atoms with Gasteiger partial charge in [-0.3, -0.25) is 4.79 Å². The highest BCUT2D eigenvalue weighted by molar-refractivity contribution is 7.91. The van der Waals surface area contributed by atoms with E-state index in [0.717, 1.165) is 11.1 Å². The Bertz CT molecular complexity index is 1300. The summed E-state index contributed by atoms with van der Waals surface area (Å²) in [6.07, 6.45) is 1.86. The van der Waals surface area contributed by atoms with Crippen LogP contribution in [0, 0.1) is 5.41 Å². The molecular formula is C31H41Cl2NO5S. The molecule has 1 amide bonds. The van der Waals surface area contributed by atoms with Crippen LogP contribution in [-0.2, 0) is 24.1 Å². The topological polar surface area (TPSA) is 72.9 Å². The number of ether oxygens (including phenoxy) is 2. The number of likely N-dealkylation sites (tertiary alicyclic amines) is 1. The number of rotatable bonds is 10. The van der Waals surface area contributed by atoms with Crippen molar-refractivity contribution in [1.82, 2.24) is 4.90 Å². The number of piperidine rings is 1. The molecule has 0 radical (unpaired) electrons. The third kappa shape index (κ3) is 7.04. The molecule has 0 aliphatic carbocycles. The Labute approximate surface area is 249 Å². The minimum absolute atomic E-state index is 0.0137. The molecule has 2 fully saturated rings. The summed E-state index contributed by atoms with van der Waals surface area (Å²) in [6, 6.07) is 14.9. The second kappa shape index (κ2) is 12.3. The van der Waals surface area contributed by atoms with Crippen molar-refractivity contribution in [3.05, 3.63) is 69.7 Å². The normalized spacial score (nSPS) is 27.6. The van der Waals surface area contributed by atoms with Gasteiger partial charge in [-0.2, -0.15) is 0 Å². The summed E-state index contributed by atoms with van der Waals surface area (Å²) in [7, 11) is -3.21. The highest BCUT2D eigenvalue weighted by atomic mass is 35.5. The number of nitrogens with zero attached hydrogens (tertiary/aromatic N) is 1. The first-order valence-electron chi connectivity index (χ1n) is 14.1. The van der Waals surface area contributed by atoms with Gasteiger partial charge in [-0.1, -0.05) is 68.2 Å². The van der Waals surface area contributed by atoms with E-state index in [4.69, 9.17) is 32.7 Å². The molecule has 0 aromatic heterocycles. The van der Waals surface area contributed by atoms with E-state index in [1.807, 2.05) is 75.1 Å². The number of benzene rings is 2. The van der Waals surface area contributed by atoms with Crippen LogP contribution < -0.4 is 0 Å². The van der Waals surface area contributed by atoms with E-state index >= 15 is 0 Å². The Balaban J connectivity index is 1.83. The maximum atomic E-state index is 14.7.